The summed E-state index contributed by atoms with van der Waals surface area (Å²) < 4.78 is 31.3. The summed E-state index contributed by atoms with van der Waals surface area (Å²) in [6.45, 7) is 2.39. The molecule has 0 spiro atoms. The minimum Gasteiger partial charge on any atom is -0.451 e. The van der Waals surface area contributed by atoms with Gasteiger partial charge in [-0.1, -0.05) is 23.2 Å². The molecule has 0 radical (unpaired) electrons. The monoisotopic (exact) mass is 398 g/mol. The van der Waals surface area contributed by atoms with Crippen LogP contribution in [0.25, 0.3) is 0 Å². The molecule has 0 heterocycles. The van der Waals surface area contributed by atoms with Crippen molar-refractivity contribution >= 4 is 45.1 Å². The second-order valence-electron chi connectivity index (χ2n) is 4.90. The number of esters is 1. The van der Waals surface area contributed by atoms with E-state index in [1.807, 2.05) is 4.72 Å². The molecule has 0 saturated heterocycles. The van der Waals surface area contributed by atoms with Gasteiger partial charge >= 0.3 is 5.97 Å². The van der Waals surface area contributed by atoms with Gasteiger partial charge in [-0.05, 0) is 32.0 Å². The van der Waals surface area contributed by atoms with Crippen LogP contribution in [0.4, 0.5) is 0 Å². The summed E-state index contributed by atoms with van der Waals surface area (Å²) in [5, 5.41) is 9.80. The summed E-state index contributed by atoms with van der Waals surface area (Å²) in [5.74, 6) is -2.07. The van der Waals surface area contributed by atoms with Crippen molar-refractivity contribution in [2.24, 2.45) is 5.73 Å². The number of primary amides is 1. The lowest BCUT2D eigenvalue weighted by molar-refractivity contribution is -0.157. The minimum absolute atomic E-state index is 0.00179. The Bertz CT molecular complexity index is 738. The molecule has 0 aliphatic heterocycles. The third kappa shape index (κ3) is 5.32. The third-order valence-corrected chi connectivity index (χ3v) is 5.09. The van der Waals surface area contributed by atoms with Gasteiger partial charge in [-0.25, -0.2) is 8.42 Å². The van der Waals surface area contributed by atoms with E-state index in [1.54, 1.807) is 0 Å². The zero-order chi connectivity index (χ0) is 18.7. The highest BCUT2D eigenvalue weighted by Crippen LogP contribution is 2.25. The van der Waals surface area contributed by atoms with Crippen molar-refractivity contribution in [2.75, 3.05) is 0 Å². The number of aliphatic hydroxyl groups is 1. The fourth-order valence-corrected chi connectivity index (χ4v) is 3.17. The summed E-state index contributed by atoms with van der Waals surface area (Å²) in [6, 6.07) is 1.88. The Labute approximate surface area is 148 Å². The SMILES string of the molecule is C[C@H](OC(=O)[C@@H](NS(=O)(=O)c1ccc(Cl)c(Cl)c1)[C@@H](C)O)C(N)=O. The van der Waals surface area contributed by atoms with Crippen LogP contribution in [0, 0.1) is 0 Å². The van der Waals surface area contributed by atoms with Crippen molar-refractivity contribution in [1.82, 2.24) is 4.72 Å². The lowest BCUT2D eigenvalue weighted by Crippen LogP contribution is -2.49. The lowest BCUT2D eigenvalue weighted by Gasteiger charge is -2.21. The topological polar surface area (TPSA) is 136 Å². The predicted octanol–water partition coefficient (Wildman–Crippen LogP) is 0.438. The first-order valence-corrected chi connectivity index (χ1v) is 8.85. The van der Waals surface area contributed by atoms with E-state index in [2.05, 4.69) is 0 Å². The summed E-state index contributed by atoms with van der Waals surface area (Å²) in [4.78, 5) is 22.6. The lowest BCUT2D eigenvalue weighted by atomic mass is 10.2. The first-order valence-electron chi connectivity index (χ1n) is 6.61. The molecule has 134 valence electrons. The van der Waals surface area contributed by atoms with Crippen LogP contribution < -0.4 is 10.5 Å². The number of aliphatic hydroxyl groups excluding tert-OH is 1. The van der Waals surface area contributed by atoms with Gasteiger partial charge in [0.25, 0.3) is 5.91 Å². The van der Waals surface area contributed by atoms with Crippen LogP contribution in [0.3, 0.4) is 0 Å². The van der Waals surface area contributed by atoms with Crippen LogP contribution in [-0.4, -0.2) is 43.7 Å². The van der Waals surface area contributed by atoms with E-state index in [9.17, 15) is 23.1 Å². The number of nitrogens with one attached hydrogen (secondary N) is 1. The largest absolute Gasteiger partial charge is 0.451 e. The fourth-order valence-electron chi connectivity index (χ4n) is 1.53. The molecule has 0 bridgehead atoms. The van der Waals surface area contributed by atoms with Gasteiger partial charge in [-0.2, -0.15) is 4.72 Å². The quantitative estimate of drug-likeness (QED) is 0.570. The Kier molecular flexibility index (Phi) is 6.99. The molecule has 1 amide bonds. The highest BCUT2D eigenvalue weighted by atomic mass is 35.5. The maximum atomic E-state index is 12.3. The van der Waals surface area contributed by atoms with Crippen molar-refractivity contribution in [2.45, 2.75) is 37.0 Å². The molecule has 0 aliphatic rings. The number of carbonyl (C=O) groups is 2. The van der Waals surface area contributed by atoms with E-state index in [0.717, 1.165) is 6.07 Å². The Hall–Kier alpha value is -1.39. The molecule has 1 aromatic rings. The number of nitrogens with two attached hydrogens (primary N) is 1. The van der Waals surface area contributed by atoms with Gasteiger partial charge in [-0.15, -0.1) is 0 Å². The van der Waals surface area contributed by atoms with Crippen LogP contribution >= 0.6 is 23.2 Å². The van der Waals surface area contributed by atoms with Gasteiger partial charge in [0.2, 0.25) is 10.0 Å². The standard InChI is InChI=1S/C13H16Cl2N2O6S/c1-6(18)11(13(20)23-7(2)12(16)19)17-24(21,22)8-3-4-9(14)10(15)5-8/h3-7,11,17-18H,1-2H3,(H2,16,19)/t6-,7+,11+/m1/s1. The average molecular weight is 399 g/mol. The van der Waals surface area contributed by atoms with Gasteiger partial charge in [0.1, 0.15) is 6.04 Å². The first kappa shape index (κ1) is 20.7. The highest BCUT2D eigenvalue weighted by molar-refractivity contribution is 7.89. The molecule has 1 aromatic carbocycles. The molecule has 24 heavy (non-hydrogen) atoms. The van der Waals surface area contributed by atoms with Crippen molar-refractivity contribution in [1.29, 1.82) is 0 Å². The average Bonchev–Trinajstić information content (AvgIpc) is 2.46. The van der Waals surface area contributed by atoms with Crippen LogP contribution in [-0.2, 0) is 24.3 Å². The maximum Gasteiger partial charge on any atom is 0.327 e. The van der Waals surface area contributed by atoms with E-state index < -0.39 is 40.1 Å². The zero-order valence-corrected chi connectivity index (χ0v) is 15.0. The molecular formula is C13H16Cl2N2O6S. The number of hydrogen-bond acceptors (Lipinski definition) is 6. The molecule has 0 fully saturated rings. The van der Waals surface area contributed by atoms with Crippen LogP contribution in [0.5, 0.6) is 0 Å². The molecule has 11 heteroatoms. The Morgan fingerprint density at radius 3 is 2.29 bits per heavy atom. The number of sulfonamides is 1. The van der Waals surface area contributed by atoms with Crippen LogP contribution in [0.2, 0.25) is 10.0 Å². The molecule has 8 nitrogen and oxygen atoms in total. The summed E-state index contributed by atoms with van der Waals surface area (Å²) in [5.41, 5.74) is 4.97. The Morgan fingerprint density at radius 2 is 1.83 bits per heavy atom. The molecule has 0 aromatic heterocycles. The van der Waals surface area contributed by atoms with E-state index >= 15 is 0 Å². The molecule has 0 aliphatic carbocycles. The number of benzene rings is 1. The predicted molar refractivity (Wildman–Crippen MR) is 87.0 cm³/mol. The molecule has 3 atom stereocenters. The van der Waals surface area contributed by atoms with E-state index in [1.165, 1.54) is 26.0 Å². The highest BCUT2D eigenvalue weighted by Gasteiger charge is 2.32. The molecule has 0 unspecified atom stereocenters. The van der Waals surface area contributed by atoms with E-state index in [-0.39, 0.29) is 14.9 Å². The number of halogens is 2. The second kappa shape index (κ2) is 8.13. The smallest absolute Gasteiger partial charge is 0.327 e. The minimum atomic E-state index is -4.21. The molecule has 4 N–H and O–H groups in total. The molecule has 1 rings (SSSR count). The summed E-state index contributed by atoms with van der Waals surface area (Å²) in [6.07, 6.45) is -2.72. The number of rotatable bonds is 7. The molecular weight excluding hydrogens is 383 g/mol. The van der Waals surface area contributed by atoms with Crippen molar-refractivity contribution in [3.63, 3.8) is 0 Å². The van der Waals surface area contributed by atoms with Gasteiger partial charge < -0.3 is 15.6 Å². The number of ether oxygens (including phenoxy) is 1. The van der Waals surface area contributed by atoms with E-state index in [4.69, 9.17) is 33.7 Å². The first-order chi connectivity index (χ1) is 11.0. The van der Waals surface area contributed by atoms with Gasteiger partial charge in [0.15, 0.2) is 6.10 Å². The van der Waals surface area contributed by atoms with Gasteiger partial charge in [0.05, 0.1) is 21.0 Å². The van der Waals surface area contributed by atoms with Crippen LogP contribution in [0.15, 0.2) is 23.1 Å². The number of amides is 1. The molecule has 0 saturated carbocycles. The van der Waals surface area contributed by atoms with E-state index in [0.29, 0.717) is 0 Å². The van der Waals surface area contributed by atoms with Gasteiger partial charge in [0, 0.05) is 0 Å². The number of carbonyl (C=O) groups excluding carboxylic acids is 2. The Morgan fingerprint density at radius 1 is 1.25 bits per heavy atom. The van der Waals surface area contributed by atoms with Gasteiger partial charge in [-0.3, -0.25) is 9.59 Å². The Balaban J connectivity index is 3.04. The normalized spacial score (nSPS) is 15.4. The van der Waals surface area contributed by atoms with Crippen molar-refractivity contribution in [3.8, 4) is 0 Å². The summed E-state index contributed by atoms with van der Waals surface area (Å²) in [7, 11) is -4.21. The van der Waals surface area contributed by atoms with Crippen molar-refractivity contribution < 1.29 is 27.9 Å². The zero-order valence-electron chi connectivity index (χ0n) is 12.7. The third-order valence-electron chi connectivity index (χ3n) is 2.91. The summed E-state index contributed by atoms with van der Waals surface area (Å²) >= 11 is 11.5. The maximum absolute atomic E-state index is 12.3. The fraction of sp³-hybridized carbons (Fsp3) is 0.385. The second-order valence-corrected chi connectivity index (χ2v) is 7.43. The van der Waals surface area contributed by atoms with Crippen molar-refractivity contribution in [3.05, 3.63) is 28.2 Å². The van der Waals surface area contributed by atoms with Crippen LogP contribution in [0.1, 0.15) is 13.8 Å². The number of hydrogen-bond donors (Lipinski definition) is 3.